The Labute approximate surface area is 114 Å². The van der Waals surface area contributed by atoms with Crippen LogP contribution in [-0.4, -0.2) is 18.2 Å². The summed E-state index contributed by atoms with van der Waals surface area (Å²) in [5.74, 6) is -1.62. The van der Waals surface area contributed by atoms with E-state index in [9.17, 15) is 9.18 Å². The summed E-state index contributed by atoms with van der Waals surface area (Å²) in [6.07, 6.45) is 0. The van der Waals surface area contributed by atoms with E-state index in [-0.39, 0.29) is 11.1 Å². The molecule has 5 heteroatoms. The van der Waals surface area contributed by atoms with Gasteiger partial charge in [0.15, 0.2) is 0 Å². The van der Waals surface area contributed by atoms with E-state index >= 15 is 0 Å². The summed E-state index contributed by atoms with van der Waals surface area (Å²) in [4.78, 5) is 10.9. The Balaban J connectivity index is 2.56. The van der Waals surface area contributed by atoms with Gasteiger partial charge in [0.2, 0.25) is 0 Å². The number of halogens is 2. The molecule has 0 heterocycles. The molecule has 0 aliphatic rings. The molecule has 0 saturated heterocycles. The minimum absolute atomic E-state index is 0.185. The predicted octanol–water partition coefficient (Wildman–Crippen LogP) is 3.85. The Morgan fingerprint density at radius 3 is 2.63 bits per heavy atom. The molecule has 3 nitrogen and oxygen atoms in total. The van der Waals surface area contributed by atoms with Gasteiger partial charge in [0.1, 0.15) is 11.6 Å². The number of hydrogen-bond donors (Lipinski definition) is 1. The van der Waals surface area contributed by atoms with E-state index < -0.39 is 11.8 Å². The van der Waals surface area contributed by atoms with Crippen LogP contribution in [0.3, 0.4) is 0 Å². The van der Waals surface area contributed by atoms with Gasteiger partial charge in [0.05, 0.1) is 17.7 Å². The van der Waals surface area contributed by atoms with E-state index in [1.54, 1.807) is 12.1 Å². The summed E-state index contributed by atoms with van der Waals surface area (Å²) < 4.78 is 19.1. The minimum Gasteiger partial charge on any atom is -0.495 e. The molecule has 98 valence electrons. The molecular weight excluding hydrogens is 271 g/mol. The second kappa shape index (κ2) is 5.28. The fraction of sp³-hybridized carbons (Fsp3) is 0.0714. The highest BCUT2D eigenvalue weighted by molar-refractivity contribution is 6.32. The van der Waals surface area contributed by atoms with Crippen LogP contribution in [0.5, 0.6) is 5.75 Å². The molecule has 0 saturated carbocycles. The van der Waals surface area contributed by atoms with E-state index in [0.29, 0.717) is 16.3 Å². The number of methoxy groups -OCH3 is 1. The van der Waals surface area contributed by atoms with Crippen molar-refractivity contribution in [2.75, 3.05) is 7.11 Å². The zero-order valence-corrected chi connectivity index (χ0v) is 10.7. The van der Waals surface area contributed by atoms with Crippen LogP contribution >= 0.6 is 11.6 Å². The Hall–Kier alpha value is -2.07. The summed E-state index contributed by atoms with van der Waals surface area (Å²) in [6.45, 7) is 0. The second-order valence-electron chi connectivity index (χ2n) is 3.82. The van der Waals surface area contributed by atoms with Gasteiger partial charge in [-0.1, -0.05) is 29.8 Å². The average Bonchev–Trinajstić information content (AvgIpc) is 2.38. The van der Waals surface area contributed by atoms with Gasteiger partial charge in [0, 0.05) is 5.56 Å². The third-order valence-electron chi connectivity index (χ3n) is 2.69. The molecule has 0 radical (unpaired) electrons. The molecule has 2 aromatic rings. The number of aromatic carboxylic acids is 1. The lowest BCUT2D eigenvalue weighted by atomic mass is 10.0. The zero-order valence-electron chi connectivity index (χ0n) is 9.98. The first-order valence-corrected chi connectivity index (χ1v) is 5.78. The predicted molar refractivity (Wildman–Crippen MR) is 70.4 cm³/mol. The van der Waals surface area contributed by atoms with Gasteiger partial charge in [-0.2, -0.15) is 0 Å². The van der Waals surface area contributed by atoms with Crippen LogP contribution in [0.2, 0.25) is 5.02 Å². The summed E-state index contributed by atoms with van der Waals surface area (Å²) >= 11 is 5.97. The van der Waals surface area contributed by atoms with Crippen LogP contribution in [0.1, 0.15) is 10.4 Å². The highest BCUT2D eigenvalue weighted by Gasteiger charge is 2.15. The molecule has 0 amide bonds. The van der Waals surface area contributed by atoms with Crippen LogP contribution in [0.15, 0.2) is 36.4 Å². The molecule has 0 bridgehead atoms. The van der Waals surface area contributed by atoms with Gasteiger partial charge >= 0.3 is 5.97 Å². The van der Waals surface area contributed by atoms with Crippen LogP contribution in [-0.2, 0) is 0 Å². The Bertz CT molecular complexity index is 641. The highest BCUT2D eigenvalue weighted by Crippen LogP contribution is 2.32. The third kappa shape index (κ3) is 2.53. The van der Waals surface area contributed by atoms with Crippen molar-refractivity contribution in [1.82, 2.24) is 0 Å². The first-order chi connectivity index (χ1) is 9.04. The molecule has 2 aromatic carbocycles. The van der Waals surface area contributed by atoms with Gasteiger partial charge in [0.25, 0.3) is 0 Å². The molecule has 0 unspecified atom stereocenters. The van der Waals surface area contributed by atoms with Crippen LogP contribution in [0, 0.1) is 5.82 Å². The number of rotatable bonds is 3. The lowest BCUT2D eigenvalue weighted by Crippen LogP contribution is -2.01. The fourth-order valence-corrected chi connectivity index (χ4v) is 2.01. The number of benzene rings is 2. The number of carboxylic acids is 1. The average molecular weight is 281 g/mol. The largest absolute Gasteiger partial charge is 0.495 e. The van der Waals surface area contributed by atoms with E-state index in [1.807, 2.05) is 0 Å². The standard InChI is InChI=1S/C14H10ClFO3/c1-19-12-6-5-8(7-11(12)15)9-3-2-4-10(13(9)16)14(17)18/h2-7H,1H3,(H,17,18). The van der Waals surface area contributed by atoms with E-state index in [4.69, 9.17) is 21.4 Å². The smallest absolute Gasteiger partial charge is 0.338 e. The fourth-order valence-electron chi connectivity index (χ4n) is 1.75. The van der Waals surface area contributed by atoms with Crippen molar-refractivity contribution >= 4 is 17.6 Å². The lowest BCUT2D eigenvalue weighted by molar-refractivity contribution is 0.0692. The van der Waals surface area contributed by atoms with Crippen molar-refractivity contribution in [1.29, 1.82) is 0 Å². The van der Waals surface area contributed by atoms with Crippen LogP contribution in [0.4, 0.5) is 4.39 Å². The number of carboxylic acid groups (broad SMARTS) is 1. The summed E-state index contributed by atoms with van der Waals surface area (Å²) in [7, 11) is 1.48. The monoisotopic (exact) mass is 280 g/mol. The van der Waals surface area contributed by atoms with Crippen molar-refractivity contribution in [3.63, 3.8) is 0 Å². The van der Waals surface area contributed by atoms with Crippen molar-refractivity contribution in [3.05, 3.63) is 52.8 Å². The Morgan fingerprint density at radius 1 is 1.32 bits per heavy atom. The zero-order chi connectivity index (χ0) is 14.0. The molecule has 0 fully saturated rings. The maximum absolute atomic E-state index is 14.1. The van der Waals surface area contributed by atoms with E-state index in [0.717, 1.165) is 0 Å². The van der Waals surface area contributed by atoms with E-state index in [2.05, 4.69) is 0 Å². The second-order valence-corrected chi connectivity index (χ2v) is 4.23. The van der Waals surface area contributed by atoms with Crippen LogP contribution in [0.25, 0.3) is 11.1 Å². The normalized spacial score (nSPS) is 10.3. The van der Waals surface area contributed by atoms with E-state index in [1.165, 1.54) is 31.4 Å². The Morgan fingerprint density at radius 2 is 2.05 bits per heavy atom. The van der Waals surface area contributed by atoms with Crippen molar-refractivity contribution < 1.29 is 19.0 Å². The molecule has 19 heavy (non-hydrogen) atoms. The van der Waals surface area contributed by atoms with Crippen LogP contribution < -0.4 is 4.74 Å². The van der Waals surface area contributed by atoms with Gasteiger partial charge in [-0.15, -0.1) is 0 Å². The molecular formula is C14H10ClFO3. The van der Waals surface area contributed by atoms with Crippen molar-refractivity contribution in [2.45, 2.75) is 0 Å². The maximum atomic E-state index is 14.1. The van der Waals surface area contributed by atoms with Crippen molar-refractivity contribution in [2.24, 2.45) is 0 Å². The molecule has 0 spiro atoms. The minimum atomic E-state index is -1.31. The SMILES string of the molecule is COc1ccc(-c2cccc(C(=O)O)c2F)cc1Cl. The lowest BCUT2D eigenvalue weighted by Gasteiger charge is -2.08. The summed E-state index contributed by atoms with van der Waals surface area (Å²) in [5.41, 5.74) is 0.306. The number of carbonyl (C=O) groups is 1. The highest BCUT2D eigenvalue weighted by atomic mass is 35.5. The third-order valence-corrected chi connectivity index (χ3v) is 2.99. The first kappa shape index (κ1) is 13.4. The summed E-state index contributed by atoms with van der Waals surface area (Å²) in [6, 6.07) is 8.95. The topological polar surface area (TPSA) is 46.5 Å². The molecule has 0 aromatic heterocycles. The number of ether oxygens (including phenoxy) is 1. The molecule has 1 N–H and O–H groups in total. The van der Waals surface area contributed by atoms with Crippen molar-refractivity contribution in [3.8, 4) is 16.9 Å². The van der Waals surface area contributed by atoms with Gasteiger partial charge < -0.3 is 9.84 Å². The molecule has 2 rings (SSSR count). The molecule has 0 aliphatic carbocycles. The van der Waals surface area contributed by atoms with Gasteiger partial charge in [-0.3, -0.25) is 0 Å². The summed E-state index contributed by atoms with van der Waals surface area (Å²) in [5, 5.41) is 9.22. The molecule has 0 atom stereocenters. The van der Waals surface area contributed by atoms with Gasteiger partial charge in [-0.25, -0.2) is 9.18 Å². The Kier molecular flexibility index (Phi) is 3.71. The quantitative estimate of drug-likeness (QED) is 0.929. The van der Waals surface area contributed by atoms with Gasteiger partial charge in [-0.05, 0) is 23.8 Å². The maximum Gasteiger partial charge on any atom is 0.338 e. The first-order valence-electron chi connectivity index (χ1n) is 5.40. The molecule has 0 aliphatic heterocycles. The number of hydrogen-bond acceptors (Lipinski definition) is 2.